The van der Waals surface area contributed by atoms with E-state index in [-0.39, 0.29) is 22.1 Å². The van der Waals surface area contributed by atoms with Crippen LogP contribution in [0.5, 0.6) is 0 Å². The van der Waals surface area contributed by atoms with Crippen molar-refractivity contribution in [2.75, 3.05) is 5.75 Å². The lowest BCUT2D eigenvalue weighted by atomic mass is 10.0. The van der Waals surface area contributed by atoms with E-state index in [1.807, 2.05) is 30.3 Å². The van der Waals surface area contributed by atoms with Gasteiger partial charge in [0.05, 0.1) is 11.1 Å². The SMILES string of the molecule is C[C@H](N[C@@H](CCc1ccccc1)C(=O)O)C(=O)N1C(c2ccc(Cl)c(S(N)(=O)=O)c2)SC[C@@H]1C(=O)O. The van der Waals surface area contributed by atoms with E-state index >= 15 is 0 Å². The molecule has 1 fully saturated rings. The maximum absolute atomic E-state index is 13.4. The third-order valence-corrected chi connectivity index (χ3v) is 8.49. The second kappa shape index (κ2) is 11.6. The van der Waals surface area contributed by atoms with Crippen molar-refractivity contribution in [3.63, 3.8) is 0 Å². The lowest BCUT2D eigenvalue weighted by molar-refractivity contribution is -0.150. The zero-order valence-corrected chi connectivity index (χ0v) is 21.6. The van der Waals surface area contributed by atoms with Gasteiger partial charge < -0.3 is 15.1 Å². The quantitative estimate of drug-likeness (QED) is 0.343. The minimum Gasteiger partial charge on any atom is -0.480 e. The molecule has 2 aromatic carbocycles. The van der Waals surface area contributed by atoms with Gasteiger partial charge in [-0.1, -0.05) is 48.0 Å². The van der Waals surface area contributed by atoms with Crippen LogP contribution in [-0.4, -0.2) is 65.3 Å². The highest BCUT2D eigenvalue weighted by atomic mass is 35.5. The number of benzene rings is 2. The summed E-state index contributed by atoms with van der Waals surface area (Å²) in [5.74, 6) is -2.94. The molecule has 1 unspecified atom stereocenters. The third kappa shape index (κ3) is 6.56. The summed E-state index contributed by atoms with van der Waals surface area (Å²) in [7, 11) is -4.16. The first-order valence-electron chi connectivity index (χ1n) is 10.9. The molecule has 1 heterocycles. The minimum atomic E-state index is -4.16. The van der Waals surface area contributed by atoms with E-state index < -0.39 is 51.4 Å². The van der Waals surface area contributed by atoms with E-state index in [4.69, 9.17) is 16.7 Å². The average molecular weight is 556 g/mol. The van der Waals surface area contributed by atoms with Gasteiger partial charge in [0, 0.05) is 5.75 Å². The number of nitrogens with zero attached hydrogens (tertiary/aromatic N) is 1. The Bertz CT molecular complexity index is 1240. The van der Waals surface area contributed by atoms with Crippen molar-refractivity contribution in [2.45, 2.75) is 48.2 Å². The highest BCUT2D eigenvalue weighted by Crippen LogP contribution is 2.43. The van der Waals surface area contributed by atoms with Gasteiger partial charge in [0.2, 0.25) is 15.9 Å². The Morgan fingerprint density at radius 2 is 1.86 bits per heavy atom. The lowest BCUT2D eigenvalue weighted by Crippen LogP contribution is -2.53. The second-order valence-corrected chi connectivity index (χ2v) is 11.4. The molecule has 3 rings (SSSR count). The predicted molar refractivity (Wildman–Crippen MR) is 135 cm³/mol. The number of nitrogens with two attached hydrogens (primary N) is 1. The number of thioether (sulfide) groups is 1. The number of carboxylic acids is 2. The fourth-order valence-corrected chi connectivity index (χ4v) is 6.44. The lowest BCUT2D eigenvalue weighted by Gasteiger charge is -2.31. The van der Waals surface area contributed by atoms with Crippen molar-refractivity contribution in [2.24, 2.45) is 5.14 Å². The smallest absolute Gasteiger partial charge is 0.327 e. The number of aryl methyl sites for hydroxylation is 1. The number of amides is 1. The number of hydrogen-bond acceptors (Lipinski definition) is 7. The molecule has 10 nitrogen and oxygen atoms in total. The van der Waals surface area contributed by atoms with E-state index in [1.165, 1.54) is 25.1 Å². The van der Waals surface area contributed by atoms with Gasteiger partial charge in [0.1, 0.15) is 22.4 Å². The normalized spacial score (nSPS) is 19.6. The second-order valence-electron chi connectivity index (χ2n) is 8.32. The van der Waals surface area contributed by atoms with Crippen LogP contribution >= 0.6 is 23.4 Å². The zero-order valence-electron chi connectivity index (χ0n) is 19.2. The van der Waals surface area contributed by atoms with Crippen LogP contribution in [-0.2, 0) is 30.8 Å². The molecule has 0 aliphatic carbocycles. The van der Waals surface area contributed by atoms with E-state index in [1.54, 1.807) is 0 Å². The van der Waals surface area contributed by atoms with Crippen LogP contribution in [0.3, 0.4) is 0 Å². The van der Waals surface area contributed by atoms with Gasteiger partial charge in [-0.2, -0.15) is 0 Å². The fourth-order valence-electron chi connectivity index (χ4n) is 3.94. The molecule has 2 aromatic rings. The topological polar surface area (TPSA) is 167 Å². The first kappa shape index (κ1) is 27.9. The first-order chi connectivity index (χ1) is 16.9. The first-order valence-corrected chi connectivity index (χ1v) is 13.9. The molecule has 1 aliphatic rings. The van der Waals surface area contributed by atoms with Crippen molar-refractivity contribution >= 4 is 51.2 Å². The molecule has 13 heteroatoms. The fraction of sp³-hybridized carbons (Fsp3) is 0.348. The molecule has 1 saturated heterocycles. The maximum atomic E-state index is 13.4. The Morgan fingerprint density at radius 1 is 1.19 bits per heavy atom. The number of carboxylic acid groups (broad SMARTS) is 2. The maximum Gasteiger partial charge on any atom is 0.327 e. The zero-order chi connectivity index (χ0) is 26.6. The molecular weight excluding hydrogens is 530 g/mol. The summed E-state index contributed by atoms with van der Waals surface area (Å²) in [5, 5.41) is 26.5. The van der Waals surface area contributed by atoms with Gasteiger partial charge in [0.15, 0.2) is 0 Å². The third-order valence-electron chi connectivity index (χ3n) is 5.77. The molecule has 0 spiro atoms. The van der Waals surface area contributed by atoms with Crippen molar-refractivity contribution in [3.8, 4) is 0 Å². The van der Waals surface area contributed by atoms with Crippen LogP contribution in [0.2, 0.25) is 5.02 Å². The number of aliphatic carboxylic acids is 2. The minimum absolute atomic E-state index is 0.0577. The van der Waals surface area contributed by atoms with Gasteiger partial charge >= 0.3 is 11.9 Å². The number of carbonyl (C=O) groups is 3. The Morgan fingerprint density at radius 3 is 2.44 bits per heavy atom. The van der Waals surface area contributed by atoms with E-state index in [9.17, 15) is 33.0 Å². The number of rotatable bonds is 10. The molecule has 0 radical (unpaired) electrons. The van der Waals surface area contributed by atoms with Crippen LogP contribution in [0.4, 0.5) is 0 Å². The summed E-state index contributed by atoms with van der Waals surface area (Å²) in [4.78, 5) is 38.0. The van der Waals surface area contributed by atoms with Gasteiger partial charge in [-0.3, -0.25) is 14.9 Å². The molecule has 0 aromatic heterocycles. The van der Waals surface area contributed by atoms with Gasteiger partial charge in [-0.05, 0) is 43.0 Å². The summed E-state index contributed by atoms with van der Waals surface area (Å²) < 4.78 is 23.8. The van der Waals surface area contributed by atoms with E-state index in [0.29, 0.717) is 12.0 Å². The number of nitrogens with one attached hydrogen (secondary N) is 1. The van der Waals surface area contributed by atoms with Crippen LogP contribution in [0, 0.1) is 0 Å². The number of carbonyl (C=O) groups excluding carboxylic acids is 1. The molecular formula is C23H26ClN3O7S2. The van der Waals surface area contributed by atoms with Crippen LogP contribution in [0.1, 0.15) is 29.8 Å². The van der Waals surface area contributed by atoms with Gasteiger partial charge in [-0.15, -0.1) is 11.8 Å². The molecule has 5 N–H and O–H groups in total. The number of primary sulfonamides is 1. The van der Waals surface area contributed by atoms with E-state index in [2.05, 4.69) is 5.32 Å². The largest absolute Gasteiger partial charge is 0.480 e. The summed E-state index contributed by atoms with van der Waals surface area (Å²) in [6, 6.07) is 10.1. The number of halogens is 1. The van der Waals surface area contributed by atoms with Gasteiger partial charge in [-0.25, -0.2) is 18.4 Å². The van der Waals surface area contributed by atoms with Crippen molar-refractivity contribution in [1.82, 2.24) is 10.2 Å². The van der Waals surface area contributed by atoms with Gasteiger partial charge in [0.25, 0.3) is 0 Å². The Kier molecular flexibility index (Phi) is 9.01. The molecule has 0 saturated carbocycles. The van der Waals surface area contributed by atoms with Crippen LogP contribution in [0.25, 0.3) is 0 Å². The monoisotopic (exact) mass is 555 g/mol. The molecule has 36 heavy (non-hydrogen) atoms. The standard InChI is InChI=1S/C23H26ClN3O7S2/c1-13(26-17(22(29)30)10-7-14-5-3-2-4-6-14)20(28)27-18(23(31)32)12-35-21(27)15-8-9-16(24)19(11-15)36(25,33)34/h2-6,8-9,11,13,17-18,21,26H,7,10,12H2,1H3,(H,29,30)(H,31,32)(H2,25,33,34)/t13-,17-,18+,21?/m0/s1. The summed E-state index contributed by atoms with van der Waals surface area (Å²) >= 11 is 7.12. The predicted octanol–water partition coefficient (Wildman–Crippen LogP) is 2.08. The van der Waals surface area contributed by atoms with Crippen LogP contribution in [0.15, 0.2) is 53.4 Å². The Balaban J connectivity index is 1.84. The van der Waals surface area contributed by atoms with Crippen molar-refractivity contribution < 1.29 is 33.0 Å². The Hall–Kier alpha value is -2.64. The number of sulfonamides is 1. The molecule has 194 valence electrons. The molecule has 4 atom stereocenters. The average Bonchev–Trinajstić information content (AvgIpc) is 3.26. The van der Waals surface area contributed by atoms with Crippen molar-refractivity contribution in [1.29, 1.82) is 0 Å². The summed E-state index contributed by atoms with van der Waals surface area (Å²) in [6.45, 7) is 1.47. The van der Waals surface area contributed by atoms with Crippen molar-refractivity contribution in [3.05, 3.63) is 64.7 Å². The van der Waals surface area contributed by atoms with E-state index in [0.717, 1.165) is 22.2 Å². The molecule has 1 amide bonds. The number of hydrogen-bond donors (Lipinski definition) is 4. The summed E-state index contributed by atoms with van der Waals surface area (Å²) in [6.07, 6.45) is 0.680. The molecule has 1 aliphatic heterocycles. The molecule has 0 bridgehead atoms. The Labute approximate surface area is 217 Å². The van der Waals surface area contributed by atoms with Crippen LogP contribution < -0.4 is 10.5 Å². The highest BCUT2D eigenvalue weighted by molar-refractivity contribution is 7.99. The summed E-state index contributed by atoms with van der Waals surface area (Å²) in [5.41, 5.74) is 1.27. The highest BCUT2D eigenvalue weighted by Gasteiger charge is 2.44.